The molecule has 4 nitrogen and oxygen atoms in total. The average Bonchev–Trinajstić information content (AvgIpc) is 3.14. The minimum atomic E-state index is -0.346. The van der Waals surface area contributed by atoms with Gasteiger partial charge in [-0.2, -0.15) is 5.10 Å². The molecule has 1 aliphatic heterocycles. The molecule has 1 saturated heterocycles. The van der Waals surface area contributed by atoms with Crippen LogP contribution in [-0.4, -0.2) is 32.9 Å². The van der Waals surface area contributed by atoms with Crippen molar-refractivity contribution in [1.29, 1.82) is 0 Å². The molecular formula is C18H18FN3O. The van der Waals surface area contributed by atoms with Crippen molar-refractivity contribution in [2.45, 2.75) is 25.1 Å². The molecule has 1 aromatic heterocycles. The quantitative estimate of drug-likeness (QED) is 0.782. The van der Waals surface area contributed by atoms with Crippen molar-refractivity contribution in [2.24, 2.45) is 0 Å². The molecule has 0 bridgehead atoms. The molecule has 2 N–H and O–H groups in total. The standard InChI is InChI=1S/C18H18FN3O/c19-15-5-3-13(4-6-15)18-8-16(23)11-22(18)10-12-1-2-14-9-20-21-17(14)7-12/h1-7,9,16,18,23H,8,10-11H2,(H,20,21)/t16-,18-/m1/s1. The van der Waals surface area contributed by atoms with Crippen LogP contribution in [0.3, 0.4) is 0 Å². The largest absolute Gasteiger partial charge is 0.392 e. The van der Waals surface area contributed by atoms with E-state index in [0.717, 1.165) is 23.0 Å². The molecule has 23 heavy (non-hydrogen) atoms. The van der Waals surface area contributed by atoms with E-state index in [-0.39, 0.29) is 18.0 Å². The Morgan fingerprint density at radius 3 is 2.87 bits per heavy atom. The first-order valence-corrected chi connectivity index (χ1v) is 7.78. The summed E-state index contributed by atoms with van der Waals surface area (Å²) in [6.45, 7) is 1.37. The summed E-state index contributed by atoms with van der Waals surface area (Å²) in [5.41, 5.74) is 3.23. The number of hydrogen-bond donors (Lipinski definition) is 2. The number of benzene rings is 2. The molecule has 0 amide bonds. The van der Waals surface area contributed by atoms with E-state index in [0.29, 0.717) is 13.0 Å². The van der Waals surface area contributed by atoms with E-state index in [1.54, 1.807) is 6.20 Å². The third-order valence-electron chi connectivity index (χ3n) is 4.53. The number of β-amino-alcohol motifs (C(OH)–C–C–N with tert-alkyl or cyclic N) is 1. The molecule has 0 radical (unpaired) electrons. The Morgan fingerprint density at radius 2 is 2.04 bits per heavy atom. The van der Waals surface area contributed by atoms with Crippen molar-refractivity contribution in [2.75, 3.05) is 6.54 Å². The molecule has 2 heterocycles. The van der Waals surface area contributed by atoms with Crippen molar-refractivity contribution < 1.29 is 9.50 Å². The lowest BCUT2D eigenvalue weighted by atomic mass is 10.0. The molecule has 1 aliphatic rings. The third-order valence-corrected chi connectivity index (χ3v) is 4.53. The van der Waals surface area contributed by atoms with Gasteiger partial charge in [0.1, 0.15) is 5.82 Å². The van der Waals surface area contributed by atoms with E-state index in [4.69, 9.17) is 0 Å². The van der Waals surface area contributed by atoms with Crippen LogP contribution in [0.1, 0.15) is 23.6 Å². The van der Waals surface area contributed by atoms with Gasteiger partial charge in [-0.1, -0.05) is 24.3 Å². The SMILES string of the molecule is O[C@@H]1C[C@H](c2ccc(F)cc2)N(Cc2ccc3cn[nH]c3c2)C1. The number of hydrogen-bond acceptors (Lipinski definition) is 3. The topological polar surface area (TPSA) is 52.1 Å². The summed E-state index contributed by atoms with van der Waals surface area (Å²) in [7, 11) is 0. The molecular weight excluding hydrogens is 293 g/mol. The van der Waals surface area contributed by atoms with Gasteiger partial charge in [0.15, 0.2) is 0 Å². The number of rotatable bonds is 3. The second kappa shape index (κ2) is 5.76. The van der Waals surface area contributed by atoms with Gasteiger partial charge in [0.2, 0.25) is 0 Å². The number of aromatic amines is 1. The minimum absolute atomic E-state index is 0.114. The maximum absolute atomic E-state index is 13.1. The van der Waals surface area contributed by atoms with Crippen LogP contribution >= 0.6 is 0 Å². The van der Waals surface area contributed by atoms with Gasteiger partial charge in [-0.05, 0) is 35.7 Å². The fraction of sp³-hybridized carbons (Fsp3) is 0.278. The summed E-state index contributed by atoms with van der Waals surface area (Å²) in [6, 6.07) is 12.9. The second-order valence-electron chi connectivity index (χ2n) is 6.18. The van der Waals surface area contributed by atoms with Crippen LogP contribution in [0.5, 0.6) is 0 Å². The summed E-state index contributed by atoms with van der Waals surface area (Å²) < 4.78 is 13.1. The Labute approximate surface area is 133 Å². The Morgan fingerprint density at radius 1 is 1.22 bits per heavy atom. The Bertz CT molecular complexity index is 815. The number of aliphatic hydroxyl groups is 1. The zero-order valence-corrected chi connectivity index (χ0v) is 12.6. The summed E-state index contributed by atoms with van der Waals surface area (Å²) >= 11 is 0. The molecule has 118 valence electrons. The maximum atomic E-state index is 13.1. The predicted octanol–water partition coefficient (Wildman–Crippen LogP) is 3.01. The first kappa shape index (κ1) is 14.4. The molecule has 0 spiro atoms. The zero-order chi connectivity index (χ0) is 15.8. The Kier molecular flexibility index (Phi) is 3.59. The summed E-state index contributed by atoms with van der Waals surface area (Å²) in [5, 5.41) is 18.2. The number of likely N-dealkylation sites (tertiary alicyclic amines) is 1. The maximum Gasteiger partial charge on any atom is 0.123 e. The van der Waals surface area contributed by atoms with E-state index in [9.17, 15) is 9.50 Å². The van der Waals surface area contributed by atoms with Gasteiger partial charge in [-0.3, -0.25) is 10.00 Å². The molecule has 0 saturated carbocycles. The molecule has 4 rings (SSSR count). The predicted molar refractivity (Wildman–Crippen MR) is 86.3 cm³/mol. The van der Waals surface area contributed by atoms with Crippen molar-refractivity contribution in [3.05, 3.63) is 65.6 Å². The highest BCUT2D eigenvalue weighted by Crippen LogP contribution is 2.33. The summed E-state index contributed by atoms with van der Waals surface area (Å²) in [5.74, 6) is -0.233. The number of nitrogens with zero attached hydrogens (tertiary/aromatic N) is 2. The van der Waals surface area contributed by atoms with E-state index in [1.165, 1.54) is 17.7 Å². The average molecular weight is 311 g/mol. The molecule has 3 aromatic rings. The molecule has 0 aliphatic carbocycles. The van der Waals surface area contributed by atoms with Crippen LogP contribution in [0.2, 0.25) is 0 Å². The van der Waals surface area contributed by atoms with Gasteiger partial charge in [-0.25, -0.2) is 4.39 Å². The fourth-order valence-electron chi connectivity index (χ4n) is 3.40. The van der Waals surface area contributed by atoms with Crippen LogP contribution in [0, 0.1) is 5.82 Å². The molecule has 1 fully saturated rings. The summed E-state index contributed by atoms with van der Waals surface area (Å²) in [6.07, 6.45) is 2.14. The highest BCUT2D eigenvalue weighted by Gasteiger charge is 2.31. The molecule has 2 atom stereocenters. The van der Waals surface area contributed by atoms with Gasteiger partial charge >= 0.3 is 0 Å². The van der Waals surface area contributed by atoms with Crippen LogP contribution < -0.4 is 0 Å². The van der Waals surface area contributed by atoms with Crippen molar-refractivity contribution in [3.63, 3.8) is 0 Å². The van der Waals surface area contributed by atoms with Gasteiger partial charge in [0.25, 0.3) is 0 Å². The van der Waals surface area contributed by atoms with Crippen LogP contribution in [0.4, 0.5) is 4.39 Å². The Balaban J connectivity index is 1.59. The van der Waals surface area contributed by atoms with E-state index >= 15 is 0 Å². The monoisotopic (exact) mass is 311 g/mol. The number of fused-ring (bicyclic) bond motifs is 1. The van der Waals surface area contributed by atoms with Gasteiger partial charge in [0, 0.05) is 24.5 Å². The first-order chi connectivity index (χ1) is 11.2. The lowest BCUT2D eigenvalue weighted by molar-refractivity contribution is 0.172. The third kappa shape index (κ3) is 2.85. The van der Waals surface area contributed by atoms with Crippen LogP contribution in [-0.2, 0) is 6.54 Å². The van der Waals surface area contributed by atoms with E-state index in [1.807, 2.05) is 18.2 Å². The van der Waals surface area contributed by atoms with Gasteiger partial charge < -0.3 is 5.11 Å². The second-order valence-corrected chi connectivity index (χ2v) is 6.18. The van der Waals surface area contributed by atoms with E-state index in [2.05, 4.69) is 27.2 Å². The molecule has 2 aromatic carbocycles. The minimum Gasteiger partial charge on any atom is -0.392 e. The van der Waals surface area contributed by atoms with Gasteiger partial charge in [0.05, 0.1) is 17.8 Å². The molecule has 5 heteroatoms. The number of halogens is 1. The molecule has 0 unspecified atom stereocenters. The zero-order valence-electron chi connectivity index (χ0n) is 12.6. The number of H-pyrrole nitrogens is 1. The Hall–Kier alpha value is -2.24. The van der Waals surface area contributed by atoms with Crippen LogP contribution in [0.25, 0.3) is 10.9 Å². The highest BCUT2D eigenvalue weighted by atomic mass is 19.1. The van der Waals surface area contributed by atoms with Gasteiger partial charge in [-0.15, -0.1) is 0 Å². The smallest absolute Gasteiger partial charge is 0.123 e. The number of aromatic nitrogens is 2. The normalized spacial score (nSPS) is 22.0. The first-order valence-electron chi connectivity index (χ1n) is 7.78. The van der Waals surface area contributed by atoms with Crippen LogP contribution in [0.15, 0.2) is 48.7 Å². The van der Waals surface area contributed by atoms with E-state index < -0.39 is 0 Å². The highest BCUT2D eigenvalue weighted by molar-refractivity contribution is 5.78. The fourth-order valence-corrected chi connectivity index (χ4v) is 3.40. The number of nitrogens with one attached hydrogen (secondary N) is 1. The number of aliphatic hydroxyl groups excluding tert-OH is 1. The van der Waals surface area contributed by atoms with Crippen molar-refractivity contribution >= 4 is 10.9 Å². The van der Waals surface area contributed by atoms with Crippen molar-refractivity contribution in [3.8, 4) is 0 Å². The lowest BCUT2D eigenvalue weighted by Crippen LogP contribution is -2.24. The van der Waals surface area contributed by atoms with Crippen molar-refractivity contribution in [1.82, 2.24) is 15.1 Å². The summed E-state index contributed by atoms with van der Waals surface area (Å²) in [4.78, 5) is 2.25. The lowest BCUT2D eigenvalue weighted by Gasteiger charge is -2.24.